The van der Waals surface area contributed by atoms with Crippen LogP contribution in [0.5, 0.6) is 0 Å². The van der Waals surface area contributed by atoms with E-state index in [4.69, 9.17) is 0 Å². The standard InChI is InChI=1S/C16H22N4/c1-17-9-14-7-8-19(11-14)12-15-10-18-20(13-15)16-5-3-2-4-6-16/h2-6,10,13-14,17H,7-9,11-12H2,1H3. The first-order chi connectivity index (χ1) is 9.85. The lowest BCUT2D eigenvalue weighted by atomic mass is 10.1. The van der Waals surface area contributed by atoms with E-state index in [1.807, 2.05) is 36.1 Å². The van der Waals surface area contributed by atoms with E-state index in [9.17, 15) is 0 Å². The molecule has 0 spiro atoms. The number of benzene rings is 1. The zero-order chi connectivity index (χ0) is 13.8. The molecule has 0 bridgehead atoms. The van der Waals surface area contributed by atoms with Gasteiger partial charge in [-0.3, -0.25) is 4.90 Å². The molecule has 1 aliphatic heterocycles. The van der Waals surface area contributed by atoms with E-state index >= 15 is 0 Å². The van der Waals surface area contributed by atoms with Crippen molar-refractivity contribution in [3.05, 3.63) is 48.3 Å². The molecule has 1 fully saturated rings. The van der Waals surface area contributed by atoms with Gasteiger partial charge in [-0.25, -0.2) is 4.68 Å². The Bertz CT molecular complexity index is 534. The Kier molecular flexibility index (Phi) is 4.14. The van der Waals surface area contributed by atoms with E-state index in [0.29, 0.717) is 0 Å². The minimum Gasteiger partial charge on any atom is -0.319 e. The second kappa shape index (κ2) is 6.20. The second-order valence-corrected chi connectivity index (χ2v) is 5.58. The molecule has 3 rings (SSSR count). The molecule has 1 aromatic heterocycles. The Morgan fingerprint density at radius 1 is 1.30 bits per heavy atom. The first-order valence-corrected chi connectivity index (χ1v) is 7.31. The van der Waals surface area contributed by atoms with Gasteiger partial charge in [0.1, 0.15) is 0 Å². The third kappa shape index (κ3) is 3.08. The van der Waals surface area contributed by atoms with Gasteiger partial charge in [-0.15, -0.1) is 0 Å². The lowest BCUT2D eigenvalue weighted by molar-refractivity contribution is 0.315. The Balaban J connectivity index is 1.61. The Labute approximate surface area is 120 Å². The molecule has 2 heterocycles. The van der Waals surface area contributed by atoms with Crippen molar-refractivity contribution in [2.75, 3.05) is 26.7 Å². The van der Waals surface area contributed by atoms with Crippen molar-refractivity contribution in [1.82, 2.24) is 20.0 Å². The molecule has 1 atom stereocenters. The van der Waals surface area contributed by atoms with Gasteiger partial charge in [0.15, 0.2) is 0 Å². The normalized spacial score (nSPS) is 19.6. The largest absolute Gasteiger partial charge is 0.319 e. The first-order valence-electron chi connectivity index (χ1n) is 7.31. The smallest absolute Gasteiger partial charge is 0.0645 e. The van der Waals surface area contributed by atoms with Crippen LogP contribution in [0.25, 0.3) is 5.69 Å². The van der Waals surface area contributed by atoms with Crippen LogP contribution in [0.2, 0.25) is 0 Å². The van der Waals surface area contributed by atoms with Gasteiger partial charge in [0.05, 0.1) is 11.9 Å². The summed E-state index contributed by atoms with van der Waals surface area (Å²) in [4.78, 5) is 2.52. The molecule has 106 valence electrons. The third-order valence-electron chi connectivity index (χ3n) is 3.93. The number of rotatable bonds is 5. The molecule has 1 unspecified atom stereocenters. The average molecular weight is 270 g/mol. The molecule has 1 aliphatic rings. The van der Waals surface area contributed by atoms with E-state index in [2.05, 4.69) is 33.6 Å². The second-order valence-electron chi connectivity index (χ2n) is 5.58. The number of hydrogen-bond acceptors (Lipinski definition) is 3. The zero-order valence-electron chi connectivity index (χ0n) is 12.0. The van der Waals surface area contributed by atoms with Gasteiger partial charge in [-0.1, -0.05) is 18.2 Å². The fraction of sp³-hybridized carbons (Fsp3) is 0.438. The maximum Gasteiger partial charge on any atom is 0.0645 e. The molecule has 4 nitrogen and oxygen atoms in total. The van der Waals surface area contributed by atoms with Gasteiger partial charge in [0.25, 0.3) is 0 Å². The van der Waals surface area contributed by atoms with Crippen molar-refractivity contribution in [2.45, 2.75) is 13.0 Å². The number of nitrogens with one attached hydrogen (secondary N) is 1. The molecule has 1 N–H and O–H groups in total. The highest BCUT2D eigenvalue weighted by atomic mass is 15.3. The molecule has 4 heteroatoms. The van der Waals surface area contributed by atoms with E-state index in [-0.39, 0.29) is 0 Å². The van der Waals surface area contributed by atoms with E-state index in [0.717, 1.165) is 24.7 Å². The molecule has 1 aromatic carbocycles. The number of likely N-dealkylation sites (tertiary alicyclic amines) is 1. The van der Waals surface area contributed by atoms with Crippen LogP contribution in [0.4, 0.5) is 0 Å². The molecule has 0 amide bonds. The van der Waals surface area contributed by atoms with Crippen LogP contribution in [0.3, 0.4) is 0 Å². The third-order valence-corrected chi connectivity index (χ3v) is 3.93. The minimum absolute atomic E-state index is 0.796. The molecule has 0 aliphatic carbocycles. The lowest BCUT2D eigenvalue weighted by Crippen LogP contribution is -2.24. The van der Waals surface area contributed by atoms with Crippen LogP contribution in [0, 0.1) is 5.92 Å². The minimum atomic E-state index is 0.796. The fourth-order valence-electron chi connectivity index (χ4n) is 2.93. The van der Waals surface area contributed by atoms with Crippen molar-refractivity contribution in [3.63, 3.8) is 0 Å². The first kappa shape index (κ1) is 13.3. The van der Waals surface area contributed by atoms with Crippen molar-refractivity contribution in [2.24, 2.45) is 5.92 Å². The Morgan fingerprint density at radius 2 is 2.15 bits per heavy atom. The van der Waals surface area contributed by atoms with E-state index < -0.39 is 0 Å². The predicted octanol–water partition coefficient (Wildman–Crippen LogP) is 1.91. The maximum absolute atomic E-state index is 4.46. The topological polar surface area (TPSA) is 33.1 Å². The quantitative estimate of drug-likeness (QED) is 0.901. The van der Waals surface area contributed by atoms with Crippen molar-refractivity contribution in [3.8, 4) is 5.69 Å². The molecule has 0 saturated carbocycles. The SMILES string of the molecule is CNCC1CCN(Cc2cnn(-c3ccccc3)c2)C1. The summed E-state index contributed by atoms with van der Waals surface area (Å²) in [7, 11) is 2.03. The summed E-state index contributed by atoms with van der Waals surface area (Å²) >= 11 is 0. The van der Waals surface area contributed by atoms with E-state index in [1.165, 1.54) is 25.1 Å². The van der Waals surface area contributed by atoms with Crippen LogP contribution in [-0.2, 0) is 6.54 Å². The summed E-state index contributed by atoms with van der Waals surface area (Å²) in [5, 5.41) is 7.74. The van der Waals surface area contributed by atoms with Crippen LogP contribution >= 0.6 is 0 Å². The van der Waals surface area contributed by atoms with Gasteiger partial charge in [-0.05, 0) is 44.6 Å². The van der Waals surface area contributed by atoms with E-state index in [1.54, 1.807) is 0 Å². The number of hydrogen-bond donors (Lipinski definition) is 1. The molecule has 2 aromatic rings. The van der Waals surface area contributed by atoms with Crippen LogP contribution in [-0.4, -0.2) is 41.4 Å². The maximum atomic E-state index is 4.46. The lowest BCUT2D eigenvalue weighted by Gasteiger charge is -2.14. The summed E-state index contributed by atoms with van der Waals surface area (Å²) in [6.45, 7) is 4.52. The van der Waals surface area contributed by atoms with Crippen LogP contribution < -0.4 is 5.32 Å². The molecular formula is C16H22N4. The summed E-state index contributed by atoms with van der Waals surface area (Å²) in [6, 6.07) is 10.3. The zero-order valence-corrected chi connectivity index (χ0v) is 12.0. The number of aromatic nitrogens is 2. The highest BCUT2D eigenvalue weighted by molar-refractivity contribution is 5.30. The molecule has 1 saturated heterocycles. The van der Waals surface area contributed by atoms with Gasteiger partial charge >= 0.3 is 0 Å². The van der Waals surface area contributed by atoms with Crippen molar-refractivity contribution in [1.29, 1.82) is 0 Å². The molecule has 0 radical (unpaired) electrons. The highest BCUT2D eigenvalue weighted by Crippen LogP contribution is 2.18. The summed E-state index contributed by atoms with van der Waals surface area (Å²) in [5.41, 5.74) is 2.41. The highest BCUT2D eigenvalue weighted by Gasteiger charge is 2.21. The van der Waals surface area contributed by atoms with Gasteiger partial charge in [-0.2, -0.15) is 5.10 Å². The predicted molar refractivity (Wildman–Crippen MR) is 80.9 cm³/mol. The summed E-state index contributed by atoms with van der Waals surface area (Å²) < 4.78 is 1.95. The molecular weight excluding hydrogens is 248 g/mol. The Morgan fingerprint density at radius 3 is 2.95 bits per heavy atom. The van der Waals surface area contributed by atoms with Crippen LogP contribution in [0.1, 0.15) is 12.0 Å². The summed E-state index contributed by atoms with van der Waals surface area (Å²) in [6.07, 6.45) is 5.42. The van der Waals surface area contributed by atoms with Crippen molar-refractivity contribution >= 4 is 0 Å². The van der Waals surface area contributed by atoms with Crippen LogP contribution in [0.15, 0.2) is 42.7 Å². The molecule has 20 heavy (non-hydrogen) atoms. The van der Waals surface area contributed by atoms with Crippen molar-refractivity contribution < 1.29 is 0 Å². The summed E-state index contributed by atoms with van der Waals surface area (Å²) in [5.74, 6) is 0.796. The van der Waals surface area contributed by atoms with Gasteiger partial charge in [0, 0.05) is 24.8 Å². The van der Waals surface area contributed by atoms with Gasteiger partial charge < -0.3 is 5.32 Å². The van der Waals surface area contributed by atoms with Gasteiger partial charge in [0.2, 0.25) is 0 Å². The monoisotopic (exact) mass is 270 g/mol. The number of para-hydroxylation sites is 1. The average Bonchev–Trinajstić information content (AvgIpc) is 3.11. The Hall–Kier alpha value is -1.65. The number of nitrogens with zero attached hydrogens (tertiary/aromatic N) is 3. The fourth-order valence-corrected chi connectivity index (χ4v) is 2.93.